The van der Waals surface area contributed by atoms with Crippen molar-refractivity contribution in [3.8, 4) is 0 Å². The topological polar surface area (TPSA) is 66.4 Å². The quantitative estimate of drug-likeness (QED) is 0.760. The standard InChI is InChI=1S/C19H28N4O2S2/c1-3-4-13-27(24,25)23-11-9-22(10-12-23)18-17-15-7-5-6-8-16(15)26-19(17)21-14(2)20-18/h3-13H2,1-2H3. The summed E-state index contributed by atoms with van der Waals surface area (Å²) >= 11 is 1.82. The van der Waals surface area contributed by atoms with Crippen molar-refractivity contribution in [3.05, 3.63) is 16.3 Å². The van der Waals surface area contributed by atoms with Crippen LogP contribution in [-0.2, 0) is 22.9 Å². The van der Waals surface area contributed by atoms with Gasteiger partial charge in [-0.3, -0.25) is 0 Å². The van der Waals surface area contributed by atoms with Crippen molar-refractivity contribution in [1.29, 1.82) is 0 Å². The predicted molar refractivity (Wildman–Crippen MR) is 111 cm³/mol. The number of sulfonamides is 1. The molecule has 0 amide bonds. The molecule has 0 N–H and O–H groups in total. The van der Waals surface area contributed by atoms with Gasteiger partial charge in [-0.1, -0.05) is 13.3 Å². The molecule has 0 unspecified atom stereocenters. The van der Waals surface area contributed by atoms with Gasteiger partial charge in [0.05, 0.1) is 11.1 Å². The van der Waals surface area contributed by atoms with Gasteiger partial charge in [0.1, 0.15) is 16.5 Å². The number of unbranched alkanes of at least 4 members (excludes halogenated alkanes) is 1. The highest BCUT2D eigenvalue weighted by Gasteiger charge is 2.29. The molecule has 0 saturated carbocycles. The number of hydrogen-bond donors (Lipinski definition) is 0. The van der Waals surface area contributed by atoms with E-state index in [9.17, 15) is 8.42 Å². The van der Waals surface area contributed by atoms with Crippen LogP contribution in [0.15, 0.2) is 0 Å². The number of aromatic nitrogens is 2. The maximum atomic E-state index is 12.5. The second-order valence-corrected chi connectivity index (χ2v) is 10.7. The lowest BCUT2D eigenvalue weighted by molar-refractivity contribution is 0.383. The fraction of sp³-hybridized carbons (Fsp3) is 0.684. The minimum absolute atomic E-state index is 0.262. The van der Waals surface area contributed by atoms with Crippen molar-refractivity contribution in [2.24, 2.45) is 0 Å². The Hall–Kier alpha value is -1.25. The van der Waals surface area contributed by atoms with Gasteiger partial charge >= 0.3 is 0 Å². The molecule has 1 aliphatic carbocycles. The summed E-state index contributed by atoms with van der Waals surface area (Å²) < 4.78 is 26.6. The first-order valence-corrected chi connectivity index (χ1v) is 12.4. The Morgan fingerprint density at radius 2 is 1.81 bits per heavy atom. The number of thiophene rings is 1. The maximum absolute atomic E-state index is 12.5. The lowest BCUT2D eigenvalue weighted by atomic mass is 9.97. The van der Waals surface area contributed by atoms with Crippen LogP contribution in [-0.4, -0.2) is 54.6 Å². The van der Waals surface area contributed by atoms with E-state index in [0.717, 1.165) is 42.2 Å². The number of anilines is 1. The maximum Gasteiger partial charge on any atom is 0.214 e. The Balaban J connectivity index is 1.60. The average Bonchev–Trinajstić information content (AvgIpc) is 3.04. The Morgan fingerprint density at radius 1 is 1.07 bits per heavy atom. The number of fused-ring (bicyclic) bond motifs is 3. The largest absolute Gasteiger partial charge is 0.353 e. The summed E-state index contributed by atoms with van der Waals surface area (Å²) in [7, 11) is -3.13. The van der Waals surface area contributed by atoms with Crippen molar-refractivity contribution in [2.45, 2.75) is 52.4 Å². The van der Waals surface area contributed by atoms with Crippen molar-refractivity contribution in [2.75, 3.05) is 36.8 Å². The number of piperazine rings is 1. The van der Waals surface area contributed by atoms with Crippen LogP contribution < -0.4 is 4.90 Å². The van der Waals surface area contributed by atoms with Crippen LogP contribution in [0.25, 0.3) is 10.2 Å². The highest BCUT2D eigenvalue weighted by atomic mass is 32.2. The fourth-order valence-electron chi connectivity index (χ4n) is 4.10. The Labute approximate surface area is 165 Å². The number of hydrogen-bond acceptors (Lipinski definition) is 6. The monoisotopic (exact) mass is 408 g/mol. The molecule has 1 fully saturated rings. The fourth-order valence-corrected chi connectivity index (χ4v) is 7.04. The molecule has 148 valence electrons. The van der Waals surface area contributed by atoms with E-state index in [-0.39, 0.29) is 5.75 Å². The lowest BCUT2D eigenvalue weighted by Crippen LogP contribution is -2.49. The van der Waals surface area contributed by atoms with Crippen LogP contribution in [0.2, 0.25) is 0 Å². The van der Waals surface area contributed by atoms with Gasteiger partial charge in [-0.25, -0.2) is 18.4 Å². The van der Waals surface area contributed by atoms with Crippen LogP contribution in [0.3, 0.4) is 0 Å². The number of aryl methyl sites for hydroxylation is 3. The second kappa shape index (κ2) is 7.64. The molecule has 2 aliphatic rings. The summed E-state index contributed by atoms with van der Waals surface area (Å²) in [5.41, 5.74) is 1.44. The summed E-state index contributed by atoms with van der Waals surface area (Å²) in [5.74, 6) is 2.08. The summed E-state index contributed by atoms with van der Waals surface area (Å²) in [6, 6.07) is 0. The molecule has 0 spiro atoms. The molecule has 6 nitrogen and oxygen atoms in total. The van der Waals surface area contributed by atoms with E-state index in [1.807, 2.05) is 25.2 Å². The Morgan fingerprint density at radius 3 is 2.56 bits per heavy atom. The minimum Gasteiger partial charge on any atom is -0.353 e. The third-order valence-electron chi connectivity index (χ3n) is 5.59. The van der Waals surface area contributed by atoms with Crippen LogP contribution >= 0.6 is 11.3 Å². The van der Waals surface area contributed by atoms with E-state index >= 15 is 0 Å². The van der Waals surface area contributed by atoms with E-state index in [0.29, 0.717) is 26.2 Å². The van der Waals surface area contributed by atoms with Crippen molar-refractivity contribution in [1.82, 2.24) is 14.3 Å². The third kappa shape index (κ3) is 3.71. The van der Waals surface area contributed by atoms with Crippen molar-refractivity contribution in [3.63, 3.8) is 0 Å². The molecule has 2 aromatic rings. The Bertz CT molecular complexity index is 931. The van der Waals surface area contributed by atoms with E-state index in [1.165, 1.54) is 28.7 Å². The smallest absolute Gasteiger partial charge is 0.214 e. The van der Waals surface area contributed by atoms with E-state index in [4.69, 9.17) is 9.97 Å². The first-order valence-electron chi connectivity index (χ1n) is 10.0. The molecule has 0 radical (unpaired) electrons. The van der Waals surface area contributed by atoms with Gasteiger partial charge in [-0.05, 0) is 44.6 Å². The predicted octanol–water partition coefficient (Wildman–Crippen LogP) is 3.13. The highest BCUT2D eigenvalue weighted by molar-refractivity contribution is 7.89. The number of rotatable bonds is 5. The van der Waals surface area contributed by atoms with Gasteiger partial charge in [0.2, 0.25) is 10.0 Å². The van der Waals surface area contributed by atoms with Gasteiger partial charge in [0, 0.05) is 31.1 Å². The zero-order valence-corrected chi connectivity index (χ0v) is 17.8. The van der Waals surface area contributed by atoms with Gasteiger partial charge < -0.3 is 4.90 Å². The molecular formula is C19H28N4O2S2. The molecule has 3 heterocycles. The molecule has 0 atom stereocenters. The molecule has 4 rings (SSSR count). The van der Waals surface area contributed by atoms with Crippen LogP contribution in [0.4, 0.5) is 5.82 Å². The Kier molecular flexibility index (Phi) is 5.40. The molecule has 0 bridgehead atoms. The van der Waals surface area contributed by atoms with Crippen LogP contribution in [0, 0.1) is 6.92 Å². The highest BCUT2D eigenvalue weighted by Crippen LogP contribution is 2.39. The first kappa shape index (κ1) is 19.1. The second-order valence-electron chi connectivity index (χ2n) is 7.54. The minimum atomic E-state index is -3.13. The SMILES string of the molecule is CCCCS(=O)(=O)N1CCN(c2nc(C)nc3sc4c(c23)CCCC4)CC1. The molecule has 0 aromatic carbocycles. The molecule has 27 heavy (non-hydrogen) atoms. The van der Waals surface area contributed by atoms with Gasteiger partial charge in [0.15, 0.2) is 0 Å². The van der Waals surface area contributed by atoms with E-state index in [2.05, 4.69) is 4.90 Å². The normalized spacial score (nSPS) is 18.8. The molecule has 1 aliphatic heterocycles. The van der Waals surface area contributed by atoms with Gasteiger partial charge in [-0.15, -0.1) is 11.3 Å². The average molecular weight is 409 g/mol. The molecular weight excluding hydrogens is 380 g/mol. The third-order valence-corrected chi connectivity index (χ3v) is 8.74. The zero-order valence-electron chi connectivity index (χ0n) is 16.2. The molecule has 1 saturated heterocycles. The molecule has 2 aromatic heterocycles. The summed E-state index contributed by atoms with van der Waals surface area (Å²) in [6.07, 6.45) is 6.39. The summed E-state index contributed by atoms with van der Waals surface area (Å²) in [5, 5.41) is 1.22. The van der Waals surface area contributed by atoms with Gasteiger partial charge in [-0.2, -0.15) is 4.31 Å². The number of nitrogens with zero attached hydrogens (tertiary/aromatic N) is 4. The van der Waals surface area contributed by atoms with E-state index < -0.39 is 10.0 Å². The van der Waals surface area contributed by atoms with E-state index in [1.54, 1.807) is 4.31 Å². The van der Waals surface area contributed by atoms with Crippen molar-refractivity contribution >= 4 is 37.4 Å². The van der Waals surface area contributed by atoms with Crippen LogP contribution in [0.1, 0.15) is 48.9 Å². The van der Waals surface area contributed by atoms with Crippen molar-refractivity contribution < 1.29 is 8.42 Å². The molecule has 8 heteroatoms. The van der Waals surface area contributed by atoms with Crippen LogP contribution in [0.5, 0.6) is 0 Å². The van der Waals surface area contributed by atoms with Gasteiger partial charge in [0.25, 0.3) is 0 Å². The first-order chi connectivity index (χ1) is 13.0. The zero-order chi connectivity index (χ0) is 19.0. The lowest BCUT2D eigenvalue weighted by Gasteiger charge is -2.35. The summed E-state index contributed by atoms with van der Waals surface area (Å²) in [6.45, 7) is 6.46. The summed E-state index contributed by atoms with van der Waals surface area (Å²) in [4.78, 5) is 14.3.